The molecule has 0 spiro atoms. The number of rotatable bonds is 7. The van der Waals surface area contributed by atoms with Crippen molar-refractivity contribution < 1.29 is 0 Å². The number of unbranched alkanes of at least 4 members (excludes halogenated alkanes) is 1. The summed E-state index contributed by atoms with van der Waals surface area (Å²) in [5.41, 5.74) is 8.76. The Morgan fingerprint density at radius 3 is 2.76 bits per heavy atom. The van der Waals surface area contributed by atoms with Gasteiger partial charge in [-0.05, 0) is 46.3 Å². The lowest BCUT2D eigenvalue weighted by Gasteiger charge is -2.20. The summed E-state index contributed by atoms with van der Waals surface area (Å²) in [6.07, 6.45) is 9.54. The zero-order chi connectivity index (χ0) is 15.2. The van der Waals surface area contributed by atoms with Crippen LogP contribution in [0.2, 0.25) is 0 Å². The lowest BCUT2D eigenvalue weighted by atomic mass is 10.2. The third kappa shape index (κ3) is 4.04. The van der Waals surface area contributed by atoms with Crippen LogP contribution in [-0.2, 0) is 6.54 Å². The van der Waals surface area contributed by atoms with Gasteiger partial charge in [-0.25, -0.2) is 4.98 Å². The normalized spacial score (nSPS) is 11.5. The number of hydrogen-bond acceptors (Lipinski definition) is 4. The molecule has 5 heteroatoms. The van der Waals surface area contributed by atoms with E-state index in [9.17, 15) is 0 Å². The van der Waals surface area contributed by atoms with E-state index in [1.54, 1.807) is 12.4 Å². The smallest absolute Gasteiger partial charge is 0.0950 e. The highest BCUT2D eigenvalue weighted by Gasteiger charge is 2.08. The van der Waals surface area contributed by atoms with Crippen molar-refractivity contribution in [3.8, 4) is 11.3 Å². The van der Waals surface area contributed by atoms with Crippen LogP contribution in [0.4, 0.5) is 5.69 Å². The first-order valence-electron chi connectivity index (χ1n) is 7.50. The predicted octanol–water partition coefficient (Wildman–Crippen LogP) is 2.65. The maximum Gasteiger partial charge on any atom is 0.0950 e. The molecule has 2 aromatic heterocycles. The van der Waals surface area contributed by atoms with Gasteiger partial charge in [0.1, 0.15) is 0 Å². The Morgan fingerprint density at radius 2 is 2.05 bits per heavy atom. The third-order valence-corrected chi connectivity index (χ3v) is 3.88. The van der Waals surface area contributed by atoms with Gasteiger partial charge in [0.2, 0.25) is 0 Å². The van der Waals surface area contributed by atoms with E-state index in [0.717, 1.165) is 36.5 Å². The Balaban J connectivity index is 1.94. The van der Waals surface area contributed by atoms with Gasteiger partial charge >= 0.3 is 0 Å². The Hall–Kier alpha value is -1.88. The highest BCUT2D eigenvalue weighted by Crippen LogP contribution is 2.24. The number of nitrogen functional groups attached to an aromatic ring is 1. The van der Waals surface area contributed by atoms with Gasteiger partial charge in [-0.15, -0.1) is 0 Å². The Kier molecular flexibility index (Phi) is 5.33. The SMILES string of the molecule is CC(C)N(C)CCCCn1cncc1-c1cnccc1N. The summed E-state index contributed by atoms with van der Waals surface area (Å²) in [5, 5.41) is 0. The van der Waals surface area contributed by atoms with Crippen molar-refractivity contribution in [3.05, 3.63) is 31.0 Å². The van der Waals surface area contributed by atoms with Crippen LogP contribution in [0.3, 0.4) is 0 Å². The second-order valence-electron chi connectivity index (χ2n) is 5.72. The van der Waals surface area contributed by atoms with E-state index < -0.39 is 0 Å². The van der Waals surface area contributed by atoms with Gasteiger partial charge in [-0.3, -0.25) is 4.98 Å². The van der Waals surface area contributed by atoms with Gasteiger partial charge < -0.3 is 15.2 Å². The van der Waals surface area contributed by atoms with Gasteiger partial charge in [0.05, 0.1) is 18.2 Å². The summed E-state index contributed by atoms with van der Waals surface area (Å²) >= 11 is 0. The van der Waals surface area contributed by atoms with Crippen molar-refractivity contribution in [2.45, 2.75) is 39.3 Å². The first-order chi connectivity index (χ1) is 10.1. The second kappa shape index (κ2) is 7.22. The maximum absolute atomic E-state index is 6.02. The van der Waals surface area contributed by atoms with Gasteiger partial charge in [-0.1, -0.05) is 0 Å². The molecular formula is C16H25N5. The summed E-state index contributed by atoms with van der Waals surface area (Å²) in [6, 6.07) is 2.42. The molecule has 0 atom stereocenters. The highest BCUT2D eigenvalue weighted by molar-refractivity contribution is 5.72. The van der Waals surface area contributed by atoms with E-state index in [4.69, 9.17) is 5.73 Å². The molecular weight excluding hydrogens is 262 g/mol. The topological polar surface area (TPSA) is 60.0 Å². The monoisotopic (exact) mass is 287 g/mol. The standard InChI is InChI=1S/C16H25N5/c1-13(2)20(3)8-4-5-9-21-12-19-11-16(21)14-10-18-7-6-15(14)17/h6-7,10-13H,4-5,8-9H2,1-3H3,(H2,17,18). The van der Waals surface area contributed by atoms with Crippen LogP contribution in [0.15, 0.2) is 31.0 Å². The van der Waals surface area contributed by atoms with Crippen molar-refractivity contribution in [2.75, 3.05) is 19.3 Å². The quantitative estimate of drug-likeness (QED) is 0.795. The predicted molar refractivity (Wildman–Crippen MR) is 86.9 cm³/mol. The summed E-state index contributed by atoms with van der Waals surface area (Å²) < 4.78 is 2.16. The van der Waals surface area contributed by atoms with E-state index in [1.807, 2.05) is 18.6 Å². The fraction of sp³-hybridized carbons (Fsp3) is 0.500. The molecule has 0 unspecified atom stereocenters. The molecule has 114 valence electrons. The van der Waals surface area contributed by atoms with Crippen molar-refractivity contribution in [3.63, 3.8) is 0 Å². The van der Waals surface area contributed by atoms with Crippen LogP contribution >= 0.6 is 0 Å². The van der Waals surface area contributed by atoms with Gasteiger partial charge in [0.15, 0.2) is 0 Å². The third-order valence-electron chi connectivity index (χ3n) is 3.88. The fourth-order valence-corrected chi connectivity index (χ4v) is 2.24. The van der Waals surface area contributed by atoms with E-state index in [0.29, 0.717) is 6.04 Å². The summed E-state index contributed by atoms with van der Waals surface area (Å²) in [4.78, 5) is 10.8. The summed E-state index contributed by atoms with van der Waals surface area (Å²) in [6.45, 7) is 6.52. The van der Waals surface area contributed by atoms with Crippen molar-refractivity contribution in [1.29, 1.82) is 0 Å². The first kappa shape index (κ1) is 15.5. The molecule has 0 radical (unpaired) electrons. The van der Waals surface area contributed by atoms with E-state index in [-0.39, 0.29) is 0 Å². The summed E-state index contributed by atoms with van der Waals surface area (Å²) in [7, 11) is 2.17. The highest BCUT2D eigenvalue weighted by atomic mass is 15.1. The summed E-state index contributed by atoms with van der Waals surface area (Å²) in [5.74, 6) is 0. The molecule has 0 aliphatic carbocycles. The minimum absolute atomic E-state index is 0.601. The fourth-order valence-electron chi connectivity index (χ4n) is 2.24. The van der Waals surface area contributed by atoms with Gasteiger partial charge in [0, 0.05) is 36.2 Å². The van der Waals surface area contributed by atoms with Crippen molar-refractivity contribution in [2.24, 2.45) is 0 Å². The lowest BCUT2D eigenvalue weighted by molar-refractivity contribution is 0.266. The second-order valence-corrected chi connectivity index (χ2v) is 5.72. The number of imidazole rings is 1. The molecule has 2 heterocycles. The molecule has 2 aromatic rings. The average Bonchev–Trinajstić information content (AvgIpc) is 2.92. The van der Waals surface area contributed by atoms with E-state index in [2.05, 4.69) is 40.3 Å². The number of pyridine rings is 1. The first-order valence-corrected chi connectivity index (χ1v) is 7.50. The zero-order valence-electron chi connectivity index (χ0n) is 13.2. The molecule has 2 N–H and O–H groups in total. The molecule has 0 amide bonds. The Morgan fingerprint density at radius 1 is 1.24 bits per heavy atom. The molecule has 0 aliphatic heterocycles. The Bertz CT molecular complexity index is 561. The largest absolute Gasteiger partial charge is 0.398 e. The molecule has 21 heavy (non-hydrogen) atoms. The molecule has 2 rings (SSSR count). The van der Waals surface area contributed by atoms with Crippen LogP contribution < -0.4 is 5.73 Å². The molecule has 0 saturated heterocycles. The minimum atomic E-state index is 0.601. The van der Waals surface area contributed by atoms with Crippen LogP contribution in [0.25, 0.3) is 11.3 Å². The van der Waals surface area contributed by atoms with Crippen LogP contribution in [0.5, 0.6) is 0 Å². The molecule has 5 nitrogen and oxygen atoms in total. The number of aryl methyl sites for hydroxylation is 1. The number of hydrogen-bond donors (Lipinski definition) is 1. The van der Waals surface area contributed by atoms with Crippen LogP contribution in [0, 0.1) is 0 Å². The molecule has 0 aliphatic rings. The number of nitrogens with zero attached hydrogens (tertiary/aromatic N) is 4. The van der Waals surface area contributed by atoms with Gasteiger partial charge in [-0.2, -0.15) is 0 Å². The number of nitrogens with two attached hydrogens (primary N) is 1. The van der Waals surface area contributed by atoms with Crippen molar-refractivity contribution >= 4 is 5.69 Å². The van der Waals surface area contributed by atoms with Gasteiger partial charge in [0.25, 0.3) is 0 Å². The molecule has 0 saturated carbocycles. The number of anilines is 1. The van der Waals surface area contributed by atoms with Crippen LogP contribution in [-0.4, -0.2) is 39.1 Å². The lowest BCUT2D eigenvalue weighted by Crippen LogP contribution is -2.27. The zero-order valence-corrected chi connectivity index (χ0v) is 13.2. The van der Waals surface area contributed by atoms with Crippen molar-refractivity contribution in [1.82, 2.24) is 19.4 Å². The number of aromatic nitrogens is 3. The molecule has 0 fully saturated rings. The minimum Gasteiger partial charge on any atom is -0.398 e. The Labute approximate surface area is 126 Å². The molecule has 0 bridgehead atoms. The van der Waals surface area contributed by atoms with E-state index >= 15 is 0 Å². The van der Waals surface area contributed by atoms with Crippen LogP contribution in [0.1, 0.15) is 26.7 Å². The average molecular weight is 287 g/mol. The van der Waals surface area contributed by atoms with E-state index in [1.165, 1.54) is 6.42 Å². The maximum atomic E-state index is 6.02. The molecule has 0 aromatic carbocycles.